The Kier molecular flexibility index (Phi) is 3.51. The number of allylic oxidation sites excluding steroid dienone is 2. The van der Waals surface area contributed by atoms with Crippen molar-refractivity contribution in [3.05, 3.63) is 25.3 Å². The van der Waals surface area contributed by atoms with Crippen LogP contribution in [-0.4, -0.2) is 19.0 Å². The molecule has 1 aliphatic heterocycles. The maximum Gasteiger partial charge on any atom is 0.162 e. The lowest BCUT2D eigenvalue weighted by molar-refractivity contribution is -0.284. The molecule has 80 valence electrons. The van der Waals surface area contributed by atoms with E-state index >= 15 is 0 Å². The highest BCUT2D eigenvalue weighted by atomic mass is 16.7. The fourth-order valence-corrected chi connectivity index (χ4v) is 1.67. The topological polar surface area (TPSA) is 18.5 Å². The van der Waals surface area contributed by atoms with E-state index in [1.807, 2.05) is 26.0 Å². The van der Waals surface area contributed by atoms with Crippen LogP contribution in [0.5, 0.6) is 0 Å². The highest BCUT2D eigenvalue weighted by Crippen LogP contribution is 2.35. The molecule has 0 unspecified atom stereocenters. The van der Waals surface area contributed by atoms with E-state index in [1.54, 1.807) is 0 Å². The van der Waals surface area contributed by atoms with Gasteiger partial charge in [0.05, 0.1) is 13.2 Å². The summed E-state index contributed by atoms with van der Waals surface area (Å²) in [6.07, 6.45) is 5.67. The minimum Gasteiger partial charge on any atom is -0.350 e. The summed E-state index contributed by atoms with van der Waals surface area (Å²) in [5, 5.41) is 0. The average molecular weight is 196 g/mol. The molecule has 0 bridgehead atoms. The summed E-state index contributed by atoms with van der Waals surface area (Å²) < 4.78 is 11.3. The summed E-state index contributed by atoms with van der Waals surface area (Å²) in [6, 6.07) is 0. The maximum absolute atomic E-state index is 5.67. The molecule has 0 aliphatic carbocycles. The third-order valence-corrected chi connectivity index (χ3v) is 2.61. The second-order valence-corrected chi connectivity index (χ2v) is 4.46. The molecule has 2 heteroatoms. The first-order valence-electron chi connectivity index (χ1n) is 5.03. The molecule has 0 saturated carbocycles. The van der Waals surface area contributed by atoms with E-state index in [0.717, 1.165) is 26.1 Å². The van der Waals surface area contributed by atoms with Crippen molar-refractivity contribution in [1.82, 2.24) is 0 Å². The van der Waals surface area contributed by atoms with Crippen molar-refractivity contribution in [2.75, 3.05) is 13.2 Å². The van der Waals surface area contributed by atoms with Crippen LogP contribution in [0.25, 0.3) is 0 Å². The smallest absolute Gasteiger partial charge is 0.162 e. The molecule has 0 aromatic carbocycles. The summed E-state index contributed by atoms with van der Waals surface area (Å²) in [7, 11) is 0. The van der Waals surface area contributed by atoms with Gasteiger partial charge in [-0.3, -0.25) is 0 Å². The molecule has 14 heavy (non-hydrogen) atoms. The molecule has 1 heterocycles. The van der Waals surface area contributed by atoms with Gasteiger partial charge in [-0.15, -0.1) is 13.2 Å². The van der Waals surface area contributed by atoms with Crippen molar-refractivity contribution in [1.29, 1.82) is 0 Å². The third kappa shape index (κ3) is 2.69. The average Bonchev–Trinajstić information content (AvgIpc) is 2.12. The van der Waals surface area contributed by atoms with E-state index < -0.39 is 5.79 Å². The largest absolute Gasteiger partial charge is 0.350 e. The molecule has 1 saturated heterocycles. The Balaban J connectivity index is 2.63. The van der Waals surface area contributed by atoms with E-state index in [1.165, 1.54) is 0 Å². The molecule has 1 aliphatic rings. The lowest BCUT2D eigenvalue weighted by atomic mass is 9.82. The van der Waals surface area contributed by atoms with Crippen LogP contribution < -0.4 is 0 Å². The molecule has 1 rings (SSSR count). The molecule has 0 aromatic rings. The second kappa shape index (κ2) is 4.28. The van der Waals surface area contributed by atoms with E-state index in [4.69, 9.17) is 9.47 Å². The van der Waals surface area contributed by atoms with E-state index in [0.29, 0.717) is 0 Å². The number of hydrogen-bond donors (Lipinski definition) is 0. The summed E-state index contributed by atoms with van der Waals surface area (Å²) in [5.41, 5.74) is 0.0546. The Bertz CT molecular complexity index is 196. The predicted molar refractivity (Wildman–Crippen MR) is 58.0 cm³/mol. The Morgan fingerprint density at radius 3 is 1.86 bits per heavy atom. The van der Waals surface area contributed by atoms with Crippen LogP contribution in [0.1, 0.15) is 26.7 Å². The SMILES string of the molecule is C=CCC1(CC=C)COC(C)(C)OC1. The van der Waals surface area contributed by atoms with Gasteiger partial charge in [0.15, 0.2) is 5.79 Å². The Hall–Kier alpha value is -0.600. The van der Waals surface area contributed by atoms with Crippen molar-refractivity contribution in [3.8, 4) is 0 Å². The van der Waals surface area contributed by atoms with Crippen LogP contribution >= 0.6 is 0 Å². The number of rotatable bonds is 4. The van der Waals surface area contributed by atoms with Gasteiger partial charge in [-0.1, -0.05) is 12.2 Å². The van der Waals surface area contributed by atoms with Crippen molar-refractivity contribution in [3.63, 3.8) is 0 Å². The summed E-state index contributed by atoms with van der Waals surface area (Å²) in [4.78, 5) is 0. The zero-order chi connectivity index (χ0) is 10.7. The monoisotopic (exact) mass is 196 g/mol. The summed E-state index contributed by atoms with van der Waals surface area (Å²) in [6.45, 7) is 12.9. The minimum absolute atomic E-state index is 0.0546. The quantitative estimate of drug-likeness (QED) is 0.644. The lowest BCUT2D eigenvalue weighted by Gasteiger charge is -2.42. The first-order valence-corrected chi connectivity index (χ1v) is 5.03. The van der Waals surface area contributed by atoms with Crippen molar-refractivity contribution in [2.45, 2.75) is 32.5 Å². The Morgan fingerprint density at radius 2 is 1.50 bits per heavy atom. The summed E-state index contributed by atoms with van der Waals surface area (Å²) >= 11 is 0. The standard InChI is InChI=1S/C12H20O2/c1-5-7-12(8-6-2)9-13-11(3,4)14-10-12/h5-6H,1-2,7-10H2,3-4H3. The van der Waals surface area contributed by atoms with Gasteiger partial charge < -0.3 is 9.47 Å². The first-order chi connectivity index (χ1) is 6.54. The van der Waals surface area contributed by atoms with Gasteiger partial charge in [0.1, 0.15) is 0 Å². The van der Waals surface area contributed by atoms with Gasteiger partial charge in [0.2, 0.25) is 0 Å². The maximum atomic E-state index is 5.67. The van der Waals surface area contributed by atoms with Gasteiger partial charge in [0.25, 0.3) is 0 Å². The molecular weight excluding hydrogens is 176 g/mol. The molecule has 0 amide bonds. The highest BCUT2D eigenvalue weighted by molar-refractivity contribution is 4.93. The van der Waals surface area contributed by atoms with E-state index in [-0.39, 0.29) is 5.41 Å². The van der Waals surface area contributed by atoms with E-state index in [2.05, 4.69) is 13.2 Å². The molecular formula is C12H20O2. The van der Waals surface area contributed by atoms with Crippen LogP contribution in [0.3, 0.4) is 0 Å². The van der Waals surface area contributed by atoms with Crippen LogP contribution in [0.4, 0.5) is 0 Å². The fraction of sp³-hybridized carbons (Fsp3) is 0.667. The van der Waals surface area contributed by atoms with Crippen molar-refractivity contribution in [2.24, 2.45) is 5.41 Å². The zero-order valence-electron chi connectivity index (χ0n) is 9.21. The zero-order valence-corrected chi connectivity index (χ0v) is 9.21. The van der Waals surface area contributed by atoms with Gasteiger partial charge in [-0.25, -0.2) is 0 Å². The number of ether oxygens (including phenoxy) is 2. The predicted octanol–water partition coefficient (Wildman–Crippen LogP) is 2.91. The normalized spacial score (nSPS) is 24.1. The molecule has 0 spiro atoms. The van der Waals surface area contributed by atoms with Crippen LogP contribution in [0.15, 0.2) is 25.3 Å². The summed E-state index contributed by atoms with van der Waals surface area (Å²) in [5.74, 6) is -0.439. The fourth-order valence-electron chi connectivity index (χ4n) is 1.67. The second-order valence-electron chi connectivity index (χ2n) is 4.46. The van der Waals surface area contributed by atoms with Gasteiger partial charge >= 0.3 is 0 Å². The first kappa shape index (κ1) is 11.5. The van der Waals surface area contributed by atoms with Gasteiger partial charge in [0, 0.05) is 5.41 Å². The lowest BCUT2D eigenvalue weighted by Crippen LogP contribution is -2.46. The molecule has 2 nitrogen and oxygen atoms in total. The molecule has 1 fully saturated rings. The van der Waals surface area contributed by atoms with Gasteiger partial charge in [-0.05, 0) is 26.7 Å². The highest BCUT2D eigenvalue weighted by Gasteiger charge is 2.38. The molecule has 0 atom stereocenters. The van der Waals surface area contributed by atoms with Crippen LogP contribution in [0, 0.1) is 5.41 Å². The molecule has 0 aromatic heterocycles. The minimum atomic E-state index is -0.439. The van der Waals surface area contributed by atoms with Crippen molar-refractivity contribution >= 4 is 0 Å². The van der Waals surface area contributed by atoms with Crippen LogP contribution in [0.2, 0.25) is 0 Å². The molecule has 0 radical (unpaired) electrons. The Morgan fingerprint density at radius 1 is 1.07 bits per heavy atom. The molecule has 0 N–H and O–H groups in total. The van der Waals surface area contributed by atoms with Crippen LogP contribution in [-0.2, 0) is 9.47 Å². The van der Waals surface area contributed by atoms with Gasteiger partial charge in [-0.2, -0.15) is 0 Å². The number of hydrogen-bond acceptors (Lipinski definition) is 2. The van der Waals surface area contributed by atoms with E-state index in [9.17, 15) is 0 Å². The third-order valence-electron chi connectivity index (χ3n) is 2.61. The van der Waals surface area contributed by atoms with Crippen molar-refractivity contribution < 1.29 is 9.47 Å². The Labute approximate surface area is 86.6 Å².